The summed E-state index contributed by atoms with van der Waals surface area (Å²) in [6, 6.07) is 12.9. The highest BCUT2D eigenvalue weighted by Gasteiger charge is 2.42. The number of nitrogens with one attached hydrogen (secondary N) is 1. The molecule has 1 amide bonds. The largest absolute Gasteiger partial charge is 0.471 e. The number of aromatic nitrogens is 2. The van der Waals surface area contributed by atoms with Crippen LogP contribution in [0.4, 0.5) is 30.2 Å². The second-order valence-electron chi connectivity index (χ2n) is 8.67. The molecule has 35 heavy (non-hydrogen) atoms. The molecule has 0 bridgehead atoms. The van der Waals surface area contributed by atoms with E-state index in [1.54, 1.807) is 7.11 Å². The van der Waals surface area contributed by atoms with Gasteiger partial charge in [-0.3, -0.25) is 4.79 Å². The normalized spacial score (nSPS) is 19.5. The number of anilines is 3. The SMILES string of the molecule is COCc1nc(-c2ccc3c(c2)N(C)c2ccccc2[C@H]2C[C@@H](NC(=O)C(F)(F)F)CCN32)no1. The number of fused-ring (bicyclic) bond motifs is 5. The molecule has 1 N–H and O–H groups in total. The minimum absolute atomic E-state index is 0.202. The molecule has 1 fully saturated rings. The van der Waals surface area contributed by atoms with Crippen molar-refractivity contribution in [3.05, 3.63) is 53.9 Å². The van der Waals surface area contributed by atoms with Gasteiger partial charge < -0.3 is 24.4 Å². The van der Waals surface area contributed by atoms with Gasteiger partial charge in [-0.15, -0.1) is 0 Å². The Morgan fingerprint density at radius 2 is 2.00 bits per heavy atom. The Bertz CT molecular complexity index is 1250. The number of carbonyl (C=O) groups excluding carboxylic acids is 1. The van der Waals surface area contributed by atoms with Crippen LogP contribution in [0.5, 0.6) is 0 Å². The molecule has 0 saturated carbocycles. The molecule has 2 aliphatic rings. The Morgan fingerprint density at radius 3 is 2.77 bits per heavy atom. The first-order valence-corrected chi connectivity index (χ1v) is 11.2. The van der Waals surface area contributed by atoms with Gasteiger partial charge in [0, 0.05) is 38.0 Å². The summed E-state index contributed by atoms with van der Waals surface area (Å²) in [6.07, 6.45) is -4.14. The van der Waals surface area contributed by atoms with Gasteiger partial charge in [0.05, 0.1) is 17.4 Å². The summed E-state index contributed by atoms with van der Waals surface area (Å²) in [7, 11) is 3.50. The van der Waals surface area contributed by atoms with Gasteiger partial charge in [0.2, 0.25) is 5.82 Å². The predicted octanol–water partition coefficient (Wildman–Crippen LogP) is 4.35. The van der Waals surface area contributed by atoms with Crippen LogP contribution in [0.15, 0.2) is 47.0 Å². The van der Waals surface area contributed by atoms with Crippen molar-refractivity contribution in [2.24, 2.45) is 0 Å². The molecular formula is C24H24F3N5O3. The average molecular weight is 487 g/mol. The zero-order valence-electron chi connectivity index (χ0n) is 19.2. The summed E-state index contributed by atoms with van der Waals surface area (Å²) in [6.45, 7) is 0.703. The number of benzene rings is 2. The third-order valence-electron chi connectivity index (χ3n) is 6.49. The zero-order valence-corrected chi connectivity index (χ0v) is 19.2. The van der Waals surface area contributed by atoms with E-state index in [-0.39, 0.29) is 12.6 Å². The highest BCUT2D eigenvalue weighted by Crippen LogP contribution is 2.48. The maximum Gasteiger partial charge on any atom is 0.471 e. The number of ether oxygens (including phenoxy) is 1. The third-order valence-corrected chi connectivity index (χ3v) is 6.49. The fourth-order valence-corrected chi connectivity index (χ4v) is 4.88. The van der Waals surface area contributed by atoms with Crippen molar-refractivity contribution in [2.75, 3.05) is 30.5 Å². The van der Waals surface area contributed by atoms with Crippen molar-refractivity contribution in [3.63, 3.8) is 0 Å². The second kappa shape index (κ2) is 8.88. The van der Waals surface area contributed by atoms with E-state index in [4.69, 9.17) is 9.26 Å². The summed E-state index contributed by atoms with van der Waals surface area (Å²) in [5.74, 6) is -1.08. The average Bonchev–Trinajstić information content (AvgIpc) is 3.28. The fraction of sp³-hybridized carbons (Fsp3) is 0.375. The molecule has 5 rings (SSSR count). The van der Waals surface area contributed by atoms with Crippen molar-refractivity contribution in [2.45, 2.75) is 37.7 Å². The van der Waals surface area contributed by atoms with Crippen LogP contribution in [0.3, 0.4) is 0 Å². The lowest BCUT2D eigenvalue weighted by Gasteiger charge is -2.41. The Hall–Kier alpha value is -3.60. The monoisotopic (exact) mass is 487 g/mol. The molecule has 3 aromatic rings. The number of amides is 1. The number of hydrogen-bond donors (Lipinski definition) is 1. The number of alkyl halides is 3. The standard InChI is InChI=1S/C24H24F3N5O3/c1-31-17-6-4-3-5-16(17)19-12-15(28-23(33)24(25,26)27)9-10-32(19)18-8-7-14(11-20(18)31)22-29-21(13-34-2)35-30-22/h3-8,11,15,19H,9-10,12-13H2,1-2H3,(H,28,33)/t15-,19+/m0/s1. The summed E-state index contributed by atoms with van der Waals surface area (Å²) in [5.41, 5.74) is 4.55. The summed E-state index contributed by atoms with van der Waals surface area (Å²) in [4.78, 5) is 20.2. The van der Waals surface area contributed by atoms with Crippen LogP contribution in [0.25, 0.3) is 11.4 Å². The van der Waals surface area contributed by atoms with Crippen LogP contribution in [-0.2, 0) is 16.1 Å². The highest BCUT2D eigenvalue weighted by molar-refractivity contribution is 5.85. The first-order chi connectivity index (χ1) is 16.8. The van der Waals surface area contributed by atoms with Crippen molar-refractivity contribution in [3.8, 4) is 11.4 Å². The molecule has 0 radical (unpaired) electrons. The number of para-hydroxylation sites is 1. The highest BCUT2D eigenvalue weighted by atomic mass is 19.4. The minimum Gasteiger partial charge on any atom is -0.375 e. The second-order valence-corrected chi connectivity index (χ2v) is 8.67. The van der Waals surface area contributed by atoms with Crippen molar-refractivity contribution in [1.82, 2.24) is 15.5 Å². The Kier molecular flexibility index (Phi) is 5.87. The van der Waals surface area contributed by atoms with Crippen LogP contribution >= 0.6 is 0 Å². The number of rotatable bonds is 4. The molecule has 2 aliphatic heterocycles. The van der Waals surface area contributed by atoms with Crippen molar-refractivity contribution >= 4 is 23.0 Å². The topological polar surface area (TPSA) is 83.7 Å². The molecular weight excluding hydrogens is 463 g/mol. The summed E-state index contributed by atoms with van der Waals surface area (Å²) >= 11 is 0. The minimum atomic E-state index is -4.90. The first-order valence-electron chi connectivity index (χ1n) is 11.2. The summed E-state index contributed by atoms with van der Waals surface area (Å²) < 4.78 is 48.9. The Morgan fingerprint density at radius 1 is 1.20 bits per heavy atom. The predicted molar refractivity (Wildman–Crippen MR) is 122 cm³/mol. The molecule has 11 heteroatoms. The van der Waals surface area contributed by atoms with Gasteiger partial charge in [-0.1, -0.05) is 23.4 Å². The molecule has 1 saturated heterocycles. The first kappa shape index (κ1) is 23.2. The van der Waals surface area contributed by atoms with Gasteiger partial charge in [-0.25, -0.2) is 0 Å². The lowest BCUT2D eigenvalue weighted by Crippen LogP contribution is -2.49. The molecule has 0 aliphatic carbocycles. The zero-order chi connectivity index (χ0) is 24.7. The van der Waals surface area contributed by atoms with Gasteiger partial charge in [-0.05, 0) is 42.7 Å². The molecule has 8 nitrogen and oxygen atoms in total. The van der Waals surface area contributed by atoms with E-state index in [9.17, 15) is 18.0 Å². The number of piperidine rings is 1. The van der Waals surface area contributed by atoms with Gasteiger partial charge >= 0.3 is 12.1 Å². The van der Waals surface area contributed by atoms with Crippen LogP contribution in [-0.4, -0.2) is 49.0 Å². The number of hydrogen-bond acceptors (Lipinski definition) is 7. The van der Waals surface area contributed by atoms with E-state index in [1.807, 2.05) is 49.5 Å². The fourth-order valence-electron chi connectivity index (χ4n) is 4.88. The molecule has 3 heterocycles. The number of halogens is 3. The third kappa shape index (κ3) is 4.31. The maximum atomic E-state index is 12.9. The van der Waals surface area contributed by atoms with Crippen LogP contribution in [0, 0.1) is 0 Å². The van der Waals surface area contributed by atoms with Crippen molar-refractivity contribution in [1.29, 1.82) is 0 Å². The van der Waals surface area contributed by atoms with Crippen LogP contribution in [0.2, 0.25) is 0 Å². The van der Waals surface area contributed by atoms with E-state index in [0.29, 0.717) is 31.1 Å². The van der Waals surface area contributed by atoms with Gasteiger partial charge in [0.15, 0.2) is 0 Å². The van der Waals surface area contributed by atoms with Crippen LogP contribution in [0.1, 0.15) is 30.3 Å². The number of nitrogens with zero attached hydrogens (tertiary/aromatic N) is 4. The van der Waals surface area contributed by atoms with Gasteiger partial charge in [0.1, 0.15) is 6.61 Å². The van der Waals surface area contributed by atoms with E-state index < -0.39 is 18.1 Å². The Labute approximate surface area is 199 Å². The maximum absolute atomic E-state index is 12.9. The summed E-state index contributed by atoms with van der Waals surface area (Å²) in [5, 5.41) is 6.24. The smallest absolute Gasteiger partial charge is 0.375 e. The number of carbonyl (C=O) groups is 1. The Balaban J connectivity index is 1.52. The number of methoxy groups -OCH3 is 1. The van der Waals surface area contributed by atoms with Gasteiger partial charge in [0.25, 0.3) is 5.89 Å². The lowest BCUT2D eigenvalue weighted by molar-refractivity contribution is -0.174. The van der Waals surface area contributed by atoms with E-state index in [0.717, 1.165) is 28.2 Å². The van der Waals surface area contributed by atoms with Crippen LogP contribution < -0.4 is 15.1 Å². The molecule has 0 spiro atoms. The molecule has 184 valence electrons. The lowest BCUT2D eigenvalue weighted by atomic mass is 9.90. The molecule has 0 unspecified atom stereocenters. The van der Waals surface area contributed by atoms with E-state index in [1.165, 1.54) is 0 Å². The van der Waals surface area contributed by atoms with E-state index in [2.05, 4.69) is 25.3 Å². The van der Waals surface area contributed by atoms with Crippen molar-refractivity contribution < 1.29 is 27.2 Å². The molecule has 1 aromatic heterocycles. The molecule has 2 atom stereocenters. The molecule has 2 aromatic carbocycles. The van der Waals surface area contributed by atoms with E-state index >= 15 is 0 Å². The van der Waals surface area contributed by atoms with Gasteiger partial charge in [-0.2, -0.15) is 18.2 Å². The quantitative estimate of drug-likeness (QED) is 0.586.